The molecule has 11 heavy (non-hydrogen) atoms. The first-order chi connectivity index (χ1) is 5.00. The van der Waals surface area contributed by atoms with Gasteiger partial charge in [-0.05, 0) is 17.0 Å². The molecular formula is C9H15N2+. The van der Waals surface area contributed by atoms with Gasteiger partial charge in [0.15, 0.2) is 0 Å². The third kappa shape index (κ3) is 1.93. The number of nitrogens with two attached hydrogens (primary N) is 1. The number of H-pyrrole nitrogens is 1. The molecule has 0 saturated carbocycles. The molecule has 0 aliphatic carbocycles. The second kappa shape index (κ2) is 2.53. The summed E-state index contributed by atoms with van der Waals surface area (Å²) in [5.41, 5.74) is 6.98. The predicted molar refractivity (Wildman–Crippen MR) is 46.1 cm³/mol. The van der Waals surface area contributed by atoms with Gasteiger partial charge in [0.25, 0.3) is 5.82 Å². The fourth-order valence-corrected chi connectivity index (χ4v) is 0.903. The van der Waals surface area contributed by atoms with E-state index in [0.717, 1.165) is 0 Å². The van der Waals surface area contributed by atoms with E-state index in [4.69, 9.17) is 5.73 Å². The van der Waals surface area contributed by atoms with Gasteiger partial charge in [0.05, 0.1) is 6.20 Å². The normalized spacial score (nSPS) is 11.5. The zero-order chi connectivity index (χ0) is 8.48. The van der Waals surface area contributed by atoms with Crippen LogP contribution < -0.4 is 10.7 Å². The summed E-state index contributed by atoms with van der Waals surface area (Å²) in [6.45, 7) is 6.52. The molecule has 0 bridgehead atoms. The molecule has 60 valence electrons. The number of anilines is 1. The van der Waals surface area contributed by atoms with Crippen molar-refractivity contribution in [3.8, 4) is 0 Å². The quantitative estimate of drug-likeness (QED) is 0.598. The van der Waals surface area contributed by atoms with Crippen molar-refractivity contribution < 1.29 is 4.98 Å². The second-order valence-corrected chi connectivity index (χ2v) is 3.78. The van der Waals surface area contributed by atoms with Crippen LogP contribution in [0.4, 0.5) is 5.82 Å². The Bertz CT molecular complexity index is 231. The van der Waals surface area contributed by atoms with Crippen LogP contribution in [0, 0.1) is 0 Å². The zero-order valence-corrected chi connectivity index (χ0v) is 7.31. The van der Waals surface area contributed by atoms with Crippen molar-refractivity contribution in [3.63, 3.8) is 0 Å². The van der Waals surface area contributed by atoms with Gasteiger partial charge in [-0.3, -0.25) is 5.73 Å². The van der Waals surface area contributed by atoms with Gasteiger partial charge in [0, 0.05) is 6.07 Å². The lowest BCUT2D eigenvalue weighted by atomic mass is 9.88. The number of aromatic amines is 1. The SMILES string of the molecule is CC(C)(C)c1ccc(N)[nH+]c1. The first-order valence-corrected chi connectivity index (χ1v) is 3.78. The maximum Gasteiger partial charge on any atom is 0.270 e. The Morgan fingerprint density at radius 3 is 2.27 bits per heavy atom. The summed E-state index contributed by atoms with van der Waals surface area (Å²) in [7, 11) is 0. The molecule has 0 spiro atoms. The molecule has 0 fully saturated rings. The van der Waals surface area contributed by atoms with E-state index in [1.165, 1.54) is 5.56 Å². The highest BCUT2D eigenvalue weighted by atomic mass is 14.8. The third-order valence-corrected chi connectivity index (χ3v) is 1.70. The number of nitrogen functional groups attached to an aromatic ring is 1. The highest BCUT2D eigenvalue weighted by Crippen LogP contribution is 2.19. The van der Waals surface area contributed by atoms with Crippen LogP contribution in [-0.4, -0.2) is 0 Å². The Hall–Kier alpha value is -1.05. The van der Waals surface area contributed by atoms with E-state index < -0.39 is 0 Å². The number of nitrogens with one attached hydrogen (secondary N) is 1. The number of pyridine rings is 1. The molecule has 3 N–H and O–H groups in total. The monoisotopic (exact) mass is 151 g/mol. The highest BCUT2D eigenvalue weighted by Gasteiger charge is 2.14. The molecule has 1 aromatic heterocycles. The van der Waals surface area contributed by atoms with E-state index in [1.54, 1.807) is 0 Å². The molecule has 2 nitrogen and oxygen atoms in total. The fraction of sp³-hybridized carbons (Fsp3) is 0.444. The summed E-state index contributed by atoms with van der Waals surface area (Å²) >= 11 is 0. The van der Waals surface area contributed by atoms with Crippen LogP contribution in [0.25, 0.3) is 0 Å². The van der Waals surface area contributed by atoms with Gasteiger partial charge in [0.2, 0.25) is 0 Å². The smallest absolute Gasteiger partial charge is 0.270 e. The van der Waals surface area contributed by atoms with Gasteiger partial charge in [-0.15, -0.1) is 0 Å². The fourth-order valence-electron chi connectivity index (χ4n) is 0.903. The van der Waals surface area contributed by atoms with E-state index >= 15 is 0 Å². The van der Waals surface area contributed by atoms with Crippen molar-refractivity contribution >= 4 is 5.82 Å². The molecule has 1 rings (SSSR count). The Morgan fingerprint density at radius 1 is 1.27 bits per heavy atom. The van der Waals surface area contributed by atoms with E-state index in [2.05, 4.69) is 25.8 Å². The predicted octanol–water partition coefficient (Wildman–Crippen LogP) is 1.38. The van der Waals surface area contributed by atoms with Crippen LogP contribution in [0.15, 0.2) is 18.3 Å². The molecule has 0 aliphatic heterocycles. The van der Waals surface area contributed by atoms with Crippen molar-refractivity contribution in [1.29, 1.82) is 0 Å². The molecule has 1 aromatic rings. The lowest BCUT2D eigenvalue weighted by Gasteiger charge is -2.16. The Kier molecular flexibility index (Phi) is 1.85. The van der Waals surface area contributed by atoms with Crippen molar-refractivity contribution in [2.45, 2.75) is 26.2 Å². The van der Waals surface area contributed by atoms with Crippen molar-refractivity contribution in [2.24, 2.45) is 0 Å². The minimum absolute atomic E-state index is 0.199. The molecule has 0 radical (unpaired) electrons. The molecule has 0 amide bonds. The average Bonchev–Trinajstić information content (AvgIpc) is 1.86. The molecule has 0 aliphatic rings. The van der Waals surface area contributed by atoms with Crippen molar-refractivity contribution in [3.05, 3.63) is 23.9 Å². The van der Waals surface area contributed by atoms with E-state index in [9.17, 15) is 0 Å². The molecule has 0 atom stereocenters. The van der Waals surface area contributed by atoms with Gasteiger partial charge < -0.3 is 0 Å². The van der Waals surface area contributed by atoms with E-state index in [0.29, 0.717) is 5.82 Å². The average molecular weight is 151 g/mol. The largest absolute Gasteiger partial charge is 0.287 e. The molecule has 0 unspecified atom stereocenters. The summed E-state index contributed by atoms with van der Waals surface area (Å²) in [4.78, 5) is 2.98. The van der Waals surface area contributed by atoms with Crippen LogP contribution in [-0.2, 0) is 5.41 Å². The Morgan fingerprint density at radius 2 is 1.91 bits per heavy atom. The first-order valence-electron chi connectivity index (χ1n) is 3.78. The van der Waals surface area contributed by atoms with Crippen LogP contribution >= 0.6 is 0 Å². The number of aromatic nitrogens is 1. The minimum atomic E-state index is 0.199. The first kappa shape index (κ1) is 8.05. The molecule has 0 saturated heterocycles. The summed E-state index contributed by atoms with van der Waals surface area (Å²) in [6, 6.07) is 3.94. The van der Waals surface area contributed by atoms with Gasteiger partial charge in [-0.1, -0.05) is 20.8 Å². The molecular weight excluding hydrogens is 136 g/mol. The lowest BCUT2D eigenvalue weighted by Crippen LogP contribution is -2.17. The van der Waals surface area contributed by atoms with Crippen LogP contribution in [0.3, 0.4) is 0 Å². The van der Waals surface area contributed by atoms with Crippen molar-refractivity contribution in [1.82, 2.24) is 0 Å². The Balaban J connectivity index is 2.99. The highest BCUT2D eigenvalue weighted by molar-refractivity contribution is 5.25. The number of rotatable bonds is 0. The van der Waals surface area contributed by atoms with Crippen LogP contribution in [0.1, 0.15) is 26.3 Å². The van der Waals surface area contributed by atoms with Crippen molar-refractivity contribution in [2.75, 3.05) is 5.73 Å². The topological polar surface area (TPSA) is 40.2 Å². The zero-order valence-electron chi connectivity index (χ0n) is 7.31. The summed E-state index contributed by atoms with van der Waals surface area (Å²) in [5.74, 6) is 0.706. The van der Waals surface area contributed by atoms with Gasteiger partial charge in [-0.25, -0.2) is 4.98 Å². The summed E-state index contributed by atoms with van der Waals surface area (Å²) < 4.78 is 0. The standard InChI is InChI=1S/C9H14N2/c1-9(2,3)7-4-5-8(10)11-6-7/h4-6H,1-3H3,(H2,10,11)/p+1. The molecule has 0 aromatic carbocycles. The van der Waals surface area contributed by atoms with Crippen LogP contribution in [0.2, 0.25) is 0 Å². The van der Waals surface area contributed by atoms with E-state index in [-0.39, 0.29) is 5.41 Å². The lowest BCUT2D eigenvalue weighted by molar-refractivity contribution is -0.361. The third-order valence-electron chi connectivity index (χ3n) is 1.70. The van der Waals surface area contributed by atoms with Gasteiger partial charge in [0.1, 0.15) is 0 Å². The van der Waals surface area contributed by atoms with E-state index in [1.807, 2.05) is 18.3 Å². The summed E-state index contributed by atoms with van der Waals surface area (Å²) in [5, 5.41) is 0. The molecule has 2 heteroatoms. The Labute approximate surface area is 67.5 Å². The number of hydrogen-bond donors (Lipinski definition) is 1. The maximum atomic E-state index is 5.51. The molecule has 1 heterocycles. The van der Waals surface area contributed by atoms with Gasteiger partial charge in [-0.2, -0.15) is 0 Å². The summed E-state index contributed by atoms with van der Waals surface area (Å²) in [6.07, 6.45) is 1.95. The van der Waals surface area contributed by atoms with Crippen LogP contribution in [0.5, 0.6) is 0 Å². The maximum absolute atomic E-state index is 5.51. The second-order valence-electron chi connectivity index (χ2n) is 3.78. The van der Waals surface area contributed by atoms with Gasteiger partial charge >= 0.3 is 0 Å². The number of hydrogen-bond acceptors (Lipinski definition) is 1. The minimum Gasteiger partial charge on any atom is -0.287 e.